The van der Waals surface area contributed by atoms with Crippen LogP contribution in [-0.4, -0.2) is 29.6 Å². The highest BCUT2D eigenvalue weighted by atomic mass is 15.2. The van der Waals surface area contributed by atoms with Crippen molar-refractivity contribution in [2.75, 3.05) is 23.8 Å². The van der Waals surface area contributed by atoms with Gasteiger partial charge in [-0.2, -0.15) is 0 Å². The van der Waals surface area contributed by atoms with Crippen LogP contribution in [0.25, 0.3) is 0 Å². The predicted molar refractivity (Wildman–Crippen MR) is 78.3 cm³/mol. The Kier molecular flexibility index (Phi) is 5.89. The molecule has 0 aliphatic rings. The molecule has 0 amide bonds. The Morgan fingerprint density at radius 3 is 2.50 bits per heavy atom. The van der Waals surface area contributed by atoms with Crippen LogP contribution < -0.4 is 10.2 Å². The molecule has 1 unspecified atom stereocenters. The average molecular weight is 250 g/mol. The van der Waals surface area contributed by atoms with E-state index in [1.807, 2.05) is 7.05 Å². The maximum atomic E-state index is 4.52. The number of nitrogens with zero attached hydrogens (tertiary/aromatic N) is 3. The summed E-state index contributed by atoms with van der Waals surface area (Å²) in [5.74, 6) is 2.05. The Morgan fingerprint density at radius 2 is 2.00 bits per heavy atom. The van der Waals surface area contributed by atoms with Crippen molar-refractivity contribution in [3.05, 3.63) is 11.9 Å². The van der Waals surface area contributed by atoms with Crippen molar-refractivity contribution in [2.24, 2.45) is 0 Å². The third-order valence-electron chi connectivity index (χ3n) is 3.40. The second-order valence-corrected chi connectivity index (χ2v) is 4.57. The fourth-order valence-corrected chi connectivity index (χ4v) is 2.24. The van der Waals surface area contributed by atoms with Gasteiger partial charge in [0.05, 0.1) is 0 Å². The average Bonchev–Trinajstić information content (AvgIpc) is 2.41. The molecule has 1 atom stereocenters. The highest BCUT2D eigenvalue weighted by molar-refractivity contribution is 5.59. The van der Waals surface area contributed by atoms with Crippen molar-refractivity contribution in [2.45, 2.75) is 53.0 Å². The topological polar surface area (TPSA) is 41.1 Å². The normalized spacial score (nSPS) is 12.3. The summed E-state index contributed by atoms with van der Waals surface area (Å²) in [7, 11) is 1.92. The Hall–Kier alpha value is -1.32. The predicted octanol–water partition coefficient (Wildman–Crippen LogP) is 3.10. The van der Waals surface area contributed by atoms with Gasteiger partial charge in [-0.1, -0.05) is 20.3 Å². The summed E-state index contributed by atoms with van der Waals surface area (Å²) in [5, 5.41) is 3.18. The van der Waals surface area contributed by atoms with Gasteiger partial charge in [-0.05, 0) is 26.7 Å². The van der Waals surface area contributed by atoms with E-state index in [-0.39, 0.29) is 0 Å². The zero-order chi connectivity index (χ0) is 13.5. The third kappa shape index (κ3) is 3.12. The first-order valence-corrected chi connectivity index (χ1v) is 6.97. The van der Waals surface area contributed by atoms with E-state index in [2.05, 4.69) is 47.9 Å². The van der Waals surface area contributed by atoms with E-state index in [0.29, 0.717) is 6.04 Å². The molecule has 0 saturated heterocycles. The molecule has 0 aromatic carbocycles. The summed E-state index contributed by atoms with van der Waals surface area (Å²) in [6.45, 7) is 9.82. The fourth-order valence-electron chi connectivity index (χ4n) is 2.24. The minimum atomic E-state index is 0.505. The van der Waals surface area contributed by atoms with Crippen LogP contribution in [0.4, 0.5) is 11.6 Å². The zero-order valence-corrected chi connectivity index (χ0v) is 12.3. The molecule has 4 nitrogen and oxygen atoms in total. The van der Waals surface area contributed by atoms with Crippen LogP contribution in [0.3, 0.4) is 0 Å². The summed E-state index contributed by atoms with van der Waals surface area (Å²) in [6.07, 6.45) is 4.90. The maximum Gasteiger partial charge on any atom is 0.137 e. The van der Waals surface area contributed by atoms with Crippen molar-refractivity contribution in [3.8, 4) is 0 Å². The molecule has 1 aromatic heterocycles. The number of aromatic nitrogens is 2. The van der Waals surface area contributed by atoms with Crippen LogP contribution in [0, 0.1) is 0 Å². The molecule has 1 aromatic rings. The Balaban J connectivity index is 3.19. The SMILES string of the molecule is CCCc1c(NC)ncnc1N(CC)C(C)CC. The van der Waals surface area contributed by atoms with E-state index in [1.54, 1.807) is 6.33 Å². The molecule has 0 radical (unpaired) electrons. The Bertz CT molecular complexity index is 365. The van der Waals surface area contributed by atoms with Crippen LogP contribution in [0.1, 0.15) is 46.1 Å². The molecular weight excluding hydrogens is 224 g/mol. The number of rotatable bonds is 7. The molecule has 1 rings (SSSR count). The van der Waals surface area contributed by atoms with Crippen molar-refractivity contribution >= 4 is 11.6 Å². The molecule has 0 saturated carbocycles. The van der Waals surface area contributed by atoms with Crippen LogP contribution in [0.2, 0.25) is 0 Å². The molecule has 102 valence electrons. The van der Waals surface area contributed by atoms with E-state index in [1.165, 1.54) is 5.56 Å². The van der Waals surface area contributed by atoms with Gasteiger partial charge in [0.1, 0.15) is 18.0 Å². The smallest absolute Gasteiger partial charge is 0.137 e. The van der Waals surface area contributed by atoms with Gasteiger partial charge in [0.15, 0.2) is 0 Å². The van der Waals surface area contributed by atoms with Gasteiger partial charge in [0.2, 0.25) is 0 Å². The van der Waals surface area contributed by atoms with E-state index in [0.717, 1.165) is 37.4 Å². The van der Waals surface area contributed by atoms with Crippen LogP contribution in [-0.2, 0) is 6.42 Å². The summed E-state index contributed by atoms with van der Waals surface area (Å²) in [5.41, 5.74) is 1.24. The van der Waals surface area contributed by atoms with Gasteiger partial charge in [-0.15, -0.1) is 0 Å². The quantitative estimate of drug-likeness (QED) is 0.807. The van der Waals surface area contributed by atoms with E-state index < -0.39 is 0 Å². The highest BCUT2D eigenvalue weighted by Crippen LogP contribution is 2.26. The molecule has 18 heavy (non-hydrogen) atoms. The lowest BCUT2D eigenvalue weighted by Gasteiger charge is -2.30. The van der Waals surface area contributed by atoms with Gasteiger partial charge in [-0.3, -0.25) is 0 Å². The van der Waals surface area contributed by atoms with E-state index >= 15 is 0 Å². The molecule has 1 N–H and O–H groups in total. The second-order valence-electron chi connectivity index (χ2n) is 4.57. The number of nitrogens with one attached hydrogen (secondary N) is 1. The molecular formula is C14H26N4. The molecule has 0 aliphatic carbocycles. The van der Waals surface area contributed by atoms with E-state index in [9.17, 15) is 0 Å². The zero-order valence-electron chi connectivity index (χ0n) is 12.3. The molecule has 1 heterocycles. The molecule has 0 bridgehead atoms. The molecule has 0 fully saturated rings. The Labute approximate surface area is 111 Å². The summed E-state index contributed by atoms with van der Waals surface area (Å²) < 4.78 is 0. The standard InChI is InChI=1S/C14H26N4/c1-6-9-12-13(15-5)16-10-17-14(12)18(8-3)11(4)7-2/h10-11H,6-9H2,1-5H3,(H,15,16,17). The highest BCUT2D eigenvalue weighted by Gasteiger charge is 2.18. The lowest BCUT2D eigenvalue weighted by molar-refractivity contribution is 0.618. The first-order valence-electron chi connectivity index (χ1n) is 6.97. The first-order chi connectivity index (χ1) is 8.69. The summed E-state index contributed by atoms with van der Waals surface area (Å²) in [6, 6.07) is 0.505. The van der Waals surface area contributed by atoms with Gasteiger partial charge >= 0.3 is 0 Å². The van der Waals surface area contributed by atoms with Gasteiger partial charge in [-0.25, -0.2) is 9.97 Å². The minimum Gasteiger partial charge on any atom is -0.373 e. The number of hydrogen-bond donors (Lipinski definition) is 1. The van der Waals surface area contributed by atoms with E-state index in [4.69, 9.17) is 0 Å². The van der Waals surface area contributed by atoms with Gasteiger partial charge in [0.25, 0.3) is 0 Å². The molecule has 0 aliphatic heterocycles. The molecule has 4 heteroatoms. The van der Waals surface area contributed by atoms with Crippen molar-refractivity contribution in [3.63, 3.8) is 0 Å². The third-order valence-corrected chi connectivity index (χ3v) is 3.40. The Morgan fingerprint density at radius 1 is 1.28 bits per heavy atom. The van der Waals surface area contributed by atoms with Gasteiger partial charge < -0.3 is 10.2 Å². The molecule has 0 spiro atoms. The van der Waals surface area contributed by atoms with Crippen molar-refractivity contribution < 1.29 is 0 Å². The fraction of sp³-hybridized carbons (Fsp3) is 0.714. The minimum absolute atomic E-state index is 0.505. The monoisotopic (exact) mass is 250 g/mol. The van der Waals surface area contributed by atoms with Crippen molar-refractivity contribution in [1.29, 1.82) is 0 Å². The van der Waals surface area contributed by atoms with Crippen LogP contribution in [0.5, 0.6) is 0 Å². The lowest BCUT2D eigenvalue weighted by atomic mass is 10.1. The first kappa shape index (κ1) is 14.7. The number of hydrogen-bond acceptors (Lipinski definition) is 4. The van der Waals surface area contributed by atoms with Crippen LogP contribution in [0.15, 0.2) is 6.33 Å². The van der Waals surface area contributed by atoms with Crippen molar-refractivity contribution in [1.82, 2.24) is 9.97 Å². The van der Waals surface area contributed by atoms with Crippen LogP contribution >= 0.6 is 0 Å². The van der Waals surface area contributed by atoms with Gasteiger partial charge in [0, 0.05) is 25.2 Å². The number of anilines is 2. The lowest BCUT2D eigenvalue weighted by Crippen LogP contribution is -2.34. The summed E-state index contributed by atoms with van der Waals surface area (Å²) >= 11 is 0. The maximum absolute atomic E-state index is 4.52. The largest absolute Gasteiger partial charge is 0.373 e. The summed E-state index contributed by atoms with van der Waals surface area (Å²) in [4.78, 5) is 11.2. The second kappa shape index (κ2) is 7.19.